The molecule has 1 aromatic rings. The minimum atomic E-state index is 0.692. The van der Waals surface area contributed by atoms with E-state index in [-0.39, 0.29) is 0 Å². The normalized spacial score (nSPS) is 11.4. The summed E-state index contributed by atoms with van der Waals surface area (Å²) in [5.41, 5.74) is 5.43. The summed E-state index contributed by atoms with van der Waals surface area (Å²) < 4.78 is 0. The lowest BCUT2D eigenvalue weighted by Crippen LogP contribution is -1.94. The number of allylic oxidation sites excluding steroid dienone is 4. The van der Waals surface area contributed by atoms with Crippen LogP contribution in [0.2, 0.25) is 0 Å². The quantitative estimate of drug-likeness (QED) is 0.365. The molecule has 1 rings (SSSR count). The van der Waals surface area contributed by atoms with Gasteiger partial charge in [-0.2, -0.15) is 0 Å². The SMILES string of the molecule is C#CC.CC.CCC.CCCC(C)/C(C)=C/C=C(\C)c1ccc(C)cc1. The number of aryl methyl sites for hydroxylation is 1. The first-order valence-electron chi connectivity index (χ1n) is 10.2. The zero-order chi connectivity index (χ0) is 21.0. The molecule has 148 valence electrons. The molecule has 0 aliphatic carbocycles. The zero-order valence-electron chi connectivity index (χ0n) is 19.2. The van der Waals surface area contributed by atoms with Crippen molar-refractivity contribution in [2.75, 3.05) is 0 Å². The second-order valence-electron chi connectivity index (χ2n) is 6.31. The molecule has 0 fully saturated rings. The van der Waals surface area contributed by atoms with Crippen molar-refractivity contribution in [2.45, 2.75) is 88.5 Å². The fourth-order valence-corrected chi connectivity index (χ4v) is 1.99. The molecular formula is C26H44. The van der Waals surface area contributed by atoms with E-state index in [1.54, 1.807) is 6.92 Å². The van der Waals surface area contributed by atoms with Crippen molar-refractivity contribution in [2.24, 2.45) is 5.92 Å². The Bertz CT molecular complexity index is 506. The summed E-state index contributed by atoms with van der Waals surface area (Å²) in [6, 6.07) is 8.73. The van der Waals surface area contributed by atoms with Crippen LogP contribution in [0.4, 0.5) is 0 Å². The van der Waals surface area contributed by atoms with E-state index in [2.05, 4.69) is 97.2 Å². The molecule has 0 heterocycles. The van der Waals surface area contributed by atoms with Gasteiger partial charge in [0.05, 0.1) is 0 Å². The van der Waals surface area contributed by atoms with Crippen molar-refractivity contribution in [3.05, 3.63) is 53.1 Å². The number of benzene rings is 1. The molecule has 0 bridgehead atoms. The van der Waals surface area contributed by atoms with Gasteiger partial charge in [-0.3, -0.25) is 0 Å². The molecule has 26 heavy (non-hydrogen) atoms. The van der Waals surface area contributed by atoms with Gasteiger partial charge in [0.15, 0.2) is 0 Å². The topological polar surface area (TPSA) is 0 Å². The molecule has 0 radical (unpaired) electrons. The van der Waals surface area contributed by atoms with E-state index in [1.807, 2.05) is 13.8 Å². The molecule has 0 amide bonds. The first-order valence-corrected chi connectivity index (χ1v) is 10.2. The summed E-state index contributed by atoms with van der Waals surface area (Å²) in [4.78, 5) is 0. The lowest BCUT2D eigenvalue weighted by atomic mass is 9.96. The van der Waals surface area contributed by atoms with Crippen molar-refractivity contribution in [1.82, 2.24) is 0 Å². The van der Waals surface area contributed by atoms with Gasteiger partial charge in [0, 0.05) is 0 Å². The molecule has 0 aromatic heterocycles. The van der Waals surface area contributed by atoms with Gasteiger partial charge in [-0.05, 0) is 51.2 Å². The van der Waals surface area contributed by atoms with Crippen molar-refractivity contribution >= 4 is 5.57 Å². The summed E-state index contributed by atoms with van der Waals surface area (Å²) >= 11 is 0. The van der Waals surface area contributed by atoms with Crippen LogP contribution in [0.3, 0.4) is 0 Å². The Labute approximate surface area is 165 Å². The average Bonchev–Trinajstić information content (AvgIpc) is 2.63. The second kappa shape index (κ2) is 21.3. The Hall–Kier alpha value is -1.74. The monoisotopic (exact) mass is 356 g/mol. The van der Waals surface area contributed by atoms with Crippen molar-refractivity contribution < 1.29 is 0 Å². The van der Waals surface area contributed by atoms with Crippen molar-refractivity contribution in [3.8, 4) is 12.3 Å². The molecule has 0 aliphatic heterocycles. The number of hydrogen-bond donors (Lipinski definition) is 0. The summed E-state index contributed by atoms with van der Waals surface area (Å²) in [7, 11) is 0. The smallest absolute Gasteiger partial charge is 0.00297 e. The van der Waals surface area contributed by atoms with E-state index >= 15 is 0 Å². The van der Waals surface area contributed by atoms with Crippen LogP contribution in [-0.2, 0) is 0 Å². The first-order chi connectivity index (χ1) is 12.4. The van der Waals surface area contributed by atoms with Crippen LogP contribution in [0.25, 0.3) is 5.57 Å². The van der Waals surface area contributed by atoms with E-state index in [0.29, 0.717) is 5.92 Å². The van der Waals surface area contributed by atoms with Crippen LogP contribution in [0.15, 0.2) is 42.0 Å². The van der Waals surface area contributed by atoms with Crippen molar-refractivity contribution in [1.29, 1.82) is 0 Å². The molecule has 0 heteroatoms. The highest BCUT2D eigenvalue weighted by atomic mass is 14.1. The molecule has 0 N–H and O–H groups in total. The van der Waals surface area contributed by atoms with Gasteiger partial charge in [-0.15, -0.1) is 12.3 Å². The zero-order valence-corrected chi connectivity index (χ0v) is 19.2. The van der Waals surface area contributed by atoms with Crippen LogP contribution in [0.1, 0.15) is 92.7 Å². The first kappa shape index (κ1) is 29.0. The van der Waals surface area contributed by atoms with Gasteiger partial charge in [0.2, 0.25) is 0 Å². The Morgan fingerprint density at radius 3 is 1.85 bits per heavy atom. The van der Waals surface area contributed by atoms with Crippen LogP contribution < -0.4 is 0 Å². The van der Waals surface area contributed by atoms with Crippen LogP contribution in [0, 0.1) is 25.2 Å². The van der Waals surface area contributed by atoms with Gasteiger partial charge in [0.1, 0.15) is 0 Å². The molecule has 0 nitrogen and oxygen atoms in total. The standard InChI is InChI=1S/C18H26.C3H8.C3H4.C2H6/c1-6-7-15(3)16(4)10-11-17(5)18-12-8-14(2)9-13-18;2*1-3-2;1-2/h8-13,15H,6-7H2,1-5H3;3H2,1-2H3;1H,2H3;1-2H3/b16-10+,17-11+;;;. The molecule has 0 aliphatic rings. The average molecular weight is 357 g/mol. The Morgan fingerprint density at radius 1 is 1.04 bits per heavy atom. The predicted octanol–water partition coefficient (Wildman–Crippen LogP) is 8.86. The third kappa shape index (κ3) is 17.1. The van der Waals surface area contributed by atoms with E-state index in [9.17, 15) is 0 Å². The fraction of sp³-hybridized carbons (Fsp3) is 0.538. The number of hydrogen-bond acceptors (Lipinski definition) is 0. The maximum atomic E-state index is 4.60. The molecule has 0 saturated carbocycles. The van der Waals surface area contributed by atoms with Gasteiger partial charge in [-0.1, -0.05) is 102 Å². The molecule has 0 spiro atoms. The van der Waals surface area contributed by atoms with E-state index in [0.717, 1.165) is 0 Å². The highest BCUT2D eigenvalue weighted by Gasteiger charge is 2.01. The largest absolute Gasteiger partial charge is 0.120 e. The highest BCUT2D eigenvalue weighted by Crippen LogP contribution is 2.18. The maximum absolute atomic E-state index is 4.60. The van der Waals surface area contributed by atoms with Gasteiger partial charge < -0.3 is 0 Å². The van der Waals surface area contributed by atoms with Crippen LogP contribution >= 0.6 is 0 Å². The lowest BCUT2D eigenvalue weighted by Gasteiger charge is -2.10. The summed E-state index contributed by atoms with van der Waals surface area (Å²) in [5.74, 6) is 2.94. The third-order valence-electron chi connectivity index (χ3n) is 3.60. The minimum Gasteiger partial charge on any atom is -0.120 e. The van der Waals surface area contributed by atoms with E-state index in [1.165, 1.54) is 41.5 Å². The third-order valence-corrected chi connectivity index (χ3v) is 3.60. The summed E-state index contributed by atoms with van der Waals surface area (Å²) in [6.45, 7) is 21.0. The summed E-state index contributed by atoms with van der Waals surface area (Å²) in [6.07, 6.45) is 12.9. The fourth-order valence-electron chi connectivity index (χ4n) is 1.99. The van der Waals surface area contributed by atoms with Crippen LogP contribution in [0.5, 0.6) is 0 Å². The Balaban J connectivity index is -0.000000567. The van der Waals surface area contributed by atoms with Crippen LogP contribution in [-0.4, -0.2) is 0 Å². The van der Waals surface area contributed by atoms with Crippen molar-refractivity contribution in [3.63, 3.8) is 0 Å². The predicted molar refractivity (Wildman–Crippen MR) is 124 cm³/mol. The van der Waals surface area contributed by atoms with Gasteiger partial charge in [-0.25, -0.2) is 0 Å². The van der Waals surface area contributed by atoms with E-state index in [4.69, 9.17) is 0 Å². The number of terminal acetylenes is 1. The molecule has 1 aromatic carbocycles. The van der Waals surface area contributed by atoms with Gasteiger partial charge in [0.25, 0.3) is 0 Å². The van der Waals surface area contributed by atoms with E-state index < -0.39 is 0 Å². The minimum absolute atomic E-state index is 0.692. The number of rotatable bonds is 5. The second-order valence-corrected chi connectivity index (χ2v) is 6.31. The molecular weight excluding hydrogens is 312 g/mol. The maximum Gasteiger partial charge on any atom is -0.00297 e. The molecule has 1 unspecified atom stereocenters. The van der Waals surface area contributed by atoms with Gasteiger partial charge >= 0.3 is 0 Å². The molecule has 1 atom stereocenters. The Kier molecular flexibility index (Phi) is 23.8. The highest BCUT2D eigenvalue weighted by molar-refractivity contribution is 5.65. The lowest BCUT2D eigenvalue weighted by molar-refractivity contribution is 0.602. The Morgan fingerprint density at radius 2 is 1.46 bits per heavy atom. The summed E-state index contributed by atoms with van der Waals surface area (Å²) in [5, 5.41) is 0. The molecule has 0 saturated heterocycles.